The van der Waals surface area contributed by atoms with E-state index in [1.807, 2.05) is 13.8 Å². The molecule has 0 aromatic heterocycles. The third-order valence-electron chi connectivity index (χ3n) is 5.25. The molecule has 0 saturated heterocycles. The number of carbonyl (C=O) groups excluding carboxylic acids is 1. The fourth-order valence-corrected chi connectivity index (χ4v) is 2.94. The minimum atomic E-state index is -0.374. The Hall–Kier alpha value is -0.530. The summed E-state index contributed by atoms with van der Waals surface area (Å²) < 4.78 is 6.20. The molecule has 20 heavy (non-hydrogen) atoms. The fourth-order valence-electron chi connectivity index (χ4n) is 2.94. The van der Waals surface area contributed by atoms with Gasteiger partial charge in [0.05, 0.1) is 5.41 Å². The topological polar surface area (TPSA) is 26.3 Å². The zero-order valence-corrected chi connectivity index (χ0v) is 14.5. The number of hydrogen-bond acceptors (Lipinski definition) is 2. The van der Waals surface area contributed by atoms with E-state index >= 15 is 0 Å². The molecule has 1 aliphatic carbocycles. The van der Waals surface area contributed by atoms with E-state index in [2.05, 4.69) is 27.7 Å². The van der Waals surface area contributed by atoms with Crippen LogP contribution in [-0.4, -0.2) is 11.6 Å². The highest BCUT2D eigenvalue weighted by Gasteiger charge is 2.46. The van der Waals surface area contributed by atoms with Gasteiger partial charge in [-0.3, -0.25) is 4.79 Å². The molecule has 0 unspecified atom stereocenters. The van der Waals surface area contributed by atoms with Crippen molar-refractivity contribution < 1.29 is 9.53 Å². The standard InChI is InChI=1S/C18H34O2/c1-7-17(5,6)15(19)20-18(16(2,3)4)13-11-9-8-10-12-14-18/h7-14H2,1-6H3. The van der Waals surface area contributed by atoms with E-state index in [0.717, 1.165) is 19.3 Å². The molecule has 0 radical (unpaired) electrons. The average molecular weight is 282 g/mol. The molecule has 1 rings (SSSR count). The molecule has 2 heteroatoms. The lowest BCUT2D eigenvalue weighted by Gasteiger charge is -2.46. The van der Waals surface area contributed by atoms with Crippen LogP contribution in [0.1, 0.15) is 92.9 Å². The second-order valence-electron chi connectivity index (χ2n) is 8.14. The summed E-state index contributed by atoms with van der Waals surface area (Å²) in [7, 11) is 0. The van der Waals surface area contributed by atoms with E-state index in [9.17, 15) is 4.79 Å². The second kappa shape index (κ2) is 6.49. The monoisotopic (exact) mass is 282 g/mol. The van der Waals surface area contributed by atoms with Gasteiger partial charge in [0.2, 0.25) is 0 Å². The fraction of sp³-hybridized carbons (Fsp3) is 0.944. The largest absolute Gasteiger partial charge is 0.458 e. The first-order valence-corrected chi connectivity index (χ1v) is 8.38. The van der Waals surface area contributed by atoms with Gasteiger partial charge in [0.25, 0.3) is 0 Å². The average Bonchev–Trinajstić information content (AvgIpc) is 2.30. The lowest BCUT2D eigenvalue weighted by atomic mass is 9.69. The SMILES string of the molecule is CCC(C)(C)C(=O)OC1(C(C)(C)C)CCCCCCC1. The van der Waals surface area contributed by atoms with Crippen molar-refractivity contribution in [2.24, 2.45) is 10.8 Å². The van der Waals surface area contributed by atoms with Crippen LogP contribution in [0.2, 0.25) is 0 Å². The predicted octanol–water partition coefficient (Wildman–Crippen LogP) is 5.50. The van der Waals surface area contributed by atoms with Crippen LogP contribution in [0.4, 0.5) is 0 Å². The summed E-state index contributed by atoms with van der Waals surface area (Å²) in [5.41, 5.74) is -0.651. The van der Waals surface area contributed by atoms with Gasteiger partial charge in [-0.15, -0.1) is 0 Å². The van der Waals surface area contributed by atoms with Crippen molar-refractivity contribution in [3.8, 4) is 0 Å². The Morgan fingerprint density at radius 2 is 1.40 bits per heavy atom. The molecule has 1 aliphatic rings. The molecular weight excluding hydrogens is 248 g/mol. The van der Waals surface area contributed by atoms with Crippen LogP contribution in [0, 0.1) is 10.8 Å². The lowest BCUT2D eigenvalue weighted by Crippen LogP contribution is -2.49. The molecule has 0 spiro atoms. The first-order chi connectivity index (χ1) is 9.15. The summed E-state index contributed by atoms with van der Waals surface area (Å²) in [4.78, 5) is 12.6. The molecule has 0 aliphatic heterocycles. The number of esters is 1. The Labute approximate surface area is 125 Å². The minimum Gasteiger partial charge on any atom is -0.458 e. The molecule has 0 N–H and O–H groups in total. The second-order valence-corrected chi connectivity index (χ2v) is 8.14. The molecule has 0 heterocycles. The number of rotatable bonds is 3. The quantitative estimate of drug-likeness (QED) is 0.639. The van der Waals surface area contributed by atoms with E-state index < -0.39 is 0 Å². The summed E-state index contributed by atoms with van der Waals surface area (Å²) in [6.07, 6.45) is 9.08. The molecule has 118 valence electrons. The Kier molecular flexibility index (Phi) is 5.69. The van der Waals surface area contributed by atoms with Gasteiger partial charge in [-0.25, -0.2) is 0 Å². The van der Waals surface area contributed by atoms with Gasteiger partial charge in [0, 0.05) is 5.41 Å². The third kappa shape index (κ3) is 3.99. The van der Waals surface area contributed by atoms with Crippen molar-refractivity contribution in [3.05, 3.63) is 0 Å². The number of carbonyl (C=O) groups is 1. The van der Waals surface area contributed by atoms with E-state index in [1.165, 1.54) is 32.1 Å². The van der Waals surface area contributed by atoms with Crippen molar-refractivity contribution in [1.82, 2.24) is 0 Å². The van der Waals surface area contributed by atoms with E-state index in [4.69, 9.17) is 4.74 Å². The molecule has 0 aromatic carbocycles. The van der Waals surface area contributed by atoms with Crippen LogP contribution < -0.4 is 0 Å². The Morgan fingerprint density at radius 1 is 0.950 bits per heavy atom. The Bertz CT molecular complexity index is 315. The lowest BCUT2D eigenvalue weighted by molar-refractivity contribution is -0.188. The van der Waals surface area contributed by atoms with Crippen LogP contribution in [0.5, 0.6) is 0 Å². The van der Waals surface area contributed by atoms with Gasteiger partial charge < -0.3 is 4.74 Å². The zero-order valence-electron chi connectivity index (χ0n) is 14.5. The van der Waals surface area contributed by atoms with Crippen molar-refractivity contribution in [2.45, 2.75) is 98.5 Å². The van der Waals surface area contributed by atoms with Crippen LogP contribution in [-0.2, 0) is 9.53 Å². The van der Waals surface area contributed by atoms with Gasteiger partial charge in [0.15, 0.2) is 0 Å². The Morgan fingerprint density at radius 3 is 1.80 bits per heavy atom. The van der Waals surface area contributed by atoms with E-state index in [0.29, 0.717) is 0 Å². The molecule has 1 fully saturated rings. The van der Waals surface area contributed by atoms with Gasteiger partial charge in [-0.1, -0.05) is 47.0 Å². The van der Waals surface area contributed by atoms with Crippen LogP contribution in [0.25, 0.3) is 0 Å². The normalized spacial score (nSPS) is 20.9. The maximum atomic E-state index is 12.6. The van der Waals surface area contributed by atoms with Gasteiger partial charge >= 0.3 is 5.97 Å². The first-order valence-electron chi connectivity index (χ1n) is 8.38. The zero-order chi connectivity index (χ0) is 15.4. The highest BCUT2D eigenvalue weighted by molar-refractivity contribution is 5.76. The first kappa shape index (κ1) is 17.5. The summed E-state index contributed by atoms with van der Waals surface area (Å²) in [6.45, 7) is 12.7. The molecule has 1 saturated carbocycles. The highest BCUT2D eigenvalue weighted by atomic mass is 16.6. The van der Waals surface area contributed by atoms with Crippen LogP contribution in [0.3, 0.4) is 0 Å². The summed E-state index contributed by atoms with van der Waals surface area (Å²) in [6, 6.07) is 0. The predicted molar refractivity (Wildman–Crippen MR) is 84.7 cm³/mol. The number of hydrogen-bond donors (Lipinski definition) is 0. The molecule has 0 atom stereocenters. The van der Waals surface area contributed by atoms with Crippen molar-refractivity contribution >= 4 is 5.97 Å². The van der Waals surface area contributed by atoms with Gasteiger partial charge in [-0.2, -0.15) is 0 Å². The van der Waals surface area contributed by atoms with Crippen LogP contribution in [0.15, 0.2) is 0 Å². The molecule has 0 bridgehead atoms. The van der Waals surface area contributed by atoms with E-state index in [-0.39, 0.29) is 22.4 Å². The summed E-state index contributed by atoms with van der Waals surface area (Å²) in [5.74, 6) is -0.0181. The summed E-state index contributed by atoms with van der Waals surface area (Å²) >= 11 is 0. The molecule has 0 amide bonds. The maximum absolute atomic E-state index is 12.6. The maximum Gasteiger partial charge on any atom is 0.312 e. The van der Waals surface area contributed by atoms with Crippen molar-refractivity contribution in [2.75, 3.05) is 0 Å². The Balaban J connectivity index is 2.96. The minimum absolute atomic E-state index is 0.00379. The number of ether oxygens (including phenoxy) is 1. The van der Waals surface area contributed by atoms with Crippen molar-refractivity contribution in [3.63, 3.8) is 0 Å². The molecule has 0 aromatic rings. The third-order valence-corrected chi connectivity index (χ3v) is 5.25. The van der Waals surface area contributed by atoms with E-state index in [1.54, 1.807) is 0 Å². The smallest absolute Gasteiger partial charge is 0.312 e. The van der Waals surface area contributed by atoms with Crippen LogP contribution >= 0.6 is 0 Å². The van der Waals surface area contributed by atoms with Gasteiger partial charge in [0.1, 0.15) is 5.60 Å². The molecular formula is C18H34O2. The summed E-state index contributed by atoms with van der Waals surface area (Å²) in [5, 5.41) is 0. The van der Waals surface area contributed by atoms with Gasteiger partial charge in [-0.05, 0) is 46.0 Å². The molecule has 2 nitrogen and oxygen atoms in total. The van der Waals surface area contributed by atoms with Crippen molar-refractivity contribution in [1.29, 1.82) is 0 Å². The highest BCUT2D eigenvalue weighted by Crippen LogP contribution is 2.44.